The molecule has 0 radical (unpaired) electrons. The van der Waals surface area contributed by atoms with Crippen molar-refractivity contribution in [2.75, 3.05) is 5.32 Å². The van der Waals surface area contributed by atoms with E-state index in [2.05, 4.69) is 5.32 Å². The molecule has 1 saturated heterocycles. The first kappa shape index (κ1) is 17.0. The number of aliphatic hydroxyl groups excluding tert-OH is 1. The Labute approximate surface area is 135 Å². The molecule has 5 nitrogen and oxygen atoms in total. The van der Waals surface area contributed by atoms with Crippen LogP contribution >= 0.6 is 0 Å². The fraction of sp³-hybridized carbons (Fsp3) is 0.333. The van der Waals surface area contributed by atoms with Gasteiger partial charge in [-0.15, -0.1) is 0 Å². The van der Waals surface area contributed by atoms with Gasteiger partial charge in [-0.1, -0.05) is 24.3 Å². The summed E-state index contributed by atoms with van der Waals surface area (Å²) in [7, 11) is 0. The molecule has 5 heteroatoms. The number of benzene rings is 1. The predicted molar refractivity (Wildman–Crippen MR) is 88.9 cm³/mol. The highest BCUT2D eigenvalue weighted by Gasteiger charge is 2.32. The lowest BCUT2D eigenvalue weighted by Crippen LogP contribution is -2.27. The van der Waals surface area contributed by atoms with Gasteiger partial charge in [-0.05, 0) is 43.7 Å². The predicted octanol–water partition coefficient (Wildman–Crippen LogP) is 2.32. The number of aliphatic hydroxyl groups is 1. The van der Waals surface area contributed by atoms with Crippen LogP contribution in [0.15, 0.2) is 42.5 Å². The quantitative estimate of drug-likeness (QED) is 0.479. The number of ketones is 1. The van der Waals surface area contributed by atoms with E-state index in [0.29, 0.717) is 0 Å². The van der Waals surface area contributed by atoms with Gasteiger partial charge in [0.2, 0.25) is 0 Å². The van der Waals surface area contributed by atoms with E-state index in [4.69, 9.17) is 4.74 Å². The Bertz CT molecular complexity index is 616. The maximum absolute atomic E-state index is 11.5. The Balaban J connectivity index is 2.02. The first-order valence-electron chi connectivity index (χ1n) is 7.55. The lowest BCUT2D eigenvalue weighted by Gasteiger charge is -2.17. The molecule has 0 unspecified atom stereocenters. The van der Waals surface area contributed by atoms with E-state index in [9.17, 15) is 14.7 Å². The molecule has 0 amide bonds. The van der Waals surface area contributed by atoms with Crippen molar-refractivity contribution in [1.82, 2.24) is 0 Å². The molecule has 0 aliphatic carbocycles. The number of allylic oxidation sites excluding steroid dienone is 1. The molecule has 0 aromatic heterocycles. The lowest BCUT2D eigenvalue weighted by molar-refractivity contribution is -0.140. The van der Waals surface area contributed by atoms with Gasteiger partial charge in [-0.2, -0.15) is 0 Å². The van der Waals surface area contributed by atoms with Gasteiger partial charge in [0, 0.05) is 5.69 Å². The zero-order chi connectivity index (χ0) is 16.8. The normalized spacial score (nSPS) is 22.5. The molecule has 2 N–H and O–H groups in total. The third-order valence-electron chi connectivity index (χ3n) is 3.40. The minimum Gasteiger partial charge on any atom is -0.456 e. The van der Waals surface area contributed by atoms with E-state index < -0.39 is 12.2 Å². The monoisotopic (exact) mass is 315 g/mol. The summed E-state index contributed by atoms with van der Waals surface area (Å²) in [4.78, 5) is 22.4. The number of cyclic esters (lactones) is 1. The average Bonchev–Trinajstić information content (AvgIpc) is 2.84. The largest absolute Gasteiger partial charge is 0.456 e. The fourth-order valence-corrected chi connectivity index (χ4v) is 2.27. The van der Waals surface area contributed by atoms with Gasteiger partial charge in [-0.3, -0.25) is 9.59 Å². The van der Waals surface area contributed by atoms with E-state index in [1.54, 1.807) is 25.2 Å². The Morgan fingerprint density at radius 1 is 1.39 bits per heavy atom. The van der Waals surface area contributed by atoms with Crippen LogP contribution in [-0.4, -0.2) is 35.1 Å². The number of esters is 1. The molecule has 1 aromatic rings. The van der Waals surface area contributed by atoms with Crippen molar-refractivity contribution in [3.8, 4) is 0 Å². The number of rotatable bonds is 6. The van der Waals surface area contributed by atoms with Crippen LogP contribution in [-0.2, 0) is 14.3 Å². The van der Waals surface area contributed by atoms with Gasteiger partial charge in [0.15, 0.2) is 5.78 Å². The fourth-order valence-electron chi connectivity index (χ4n) is 2.27. The van der Waals surface area contributed by atoms with Gasteiger partial charge in [-0.25, -0.2) is 0 Å². The van der Waals surface area contributed by atoms with Crippen LogP contribution in [0.1, 0.15) is 25.8 Å². The van der Waals surface area contributed by atoms with Crippen LogP contribution in [0.5, 0.6) is 0 Å². The molecular weight excluding hydrogens is 294 g/mol. The highest BCUT2D eigenvalue weighted by atomic mass is 16.6. The van der Waals surface area contributed by atoms with Crippen molar-refractivity contribution in [1.29, 1.82) is 0 Å². The van der Waals surface area contributed by atoms with Crippen LogP contribution in [0.25, 0.3) is 6.08 Å². The second-order valence-electron chi connectivity index (χ2n) is 5.60. The summed E-state index contributed by atoms with van der Waals surface area (Å²) in [5, 5.41) is 12.6. The molecule has 3 atom stereocenters. The number of hydrogen-bond acceptors (Lipinski definition) is 5. The summed E-state index contributed by atoms with van der Waals surface area (Å²) >= 11 is 0. The Morgan fingerprint density at radius 2 is 2.09 bits per heavy atom. The molecule has 23 heavy (non-hydrogen) atoms. The van der Waals surface area contributed by atoms with Crippen LogP contribution in [0.3, 0.4) is 0 Å². The minimum absolute atomic E-state index is 0.00144. The molecule has 122 valence electrons. The molecule has 2 rings (SSSR count). The number of nitrogens with one attached hydrogen (secondary N) is 1. The first-order valence-corrected chi connectivity index (χ1v) is 7.55. The highest BCUT2D eigenvalue weighted by Crippen LogP contribution is 2.22. The standard InChI is InChI=1S/C18H21NO4/c1-12(20)3-5-14-6-8-15(9-7-14)19-16-11-18(22)23-17(16)10-4-13(2)21/h3-10,13,16-17,19,21H,11H2,1-2H3/t13-,16-,17+/m1/s1. The van der Waals surface area contributed by atoms with Gasteiger partial charge in [0.25, 0.3) is 0 Å². The van der Waals surface area contributed by atoms with E-state index in [0.717, 1.165) is 11.3 Å². The van der Waals surface area contributed by atoms with Gasteiger partial charge < -0.3 is 15.2 Å². The van der Waals surface area contributed by atoms with Crippen molar-refractivity contribution < 1.29 is 19.4 Å². The Hall–Kier alpha value is -2.40. The average molecular weight is 315 g/mol. The Kier molecular flexibility index (Phi) is 5.71. The molecule has 1 aliphatic heterocycles. The minimum atomic E-state index is -0.581. The smallest absolute Gasteiger partial charge is 0.308 e. The zero-order valence-corrected chi connectivity index (χ0v) is 13.2. The summed E-state index contributed by atoms with van der Waals surface area (Å²) in [5.74, 6) is -0.259. The molecule has 1 aliphatic rings. The van der Waals surface area contributed by atoms with Gasteiger partial charge in [0.05, 0.1) is 18.6 Å². The Morgan fingerprint density at radius 3 is 2.70 bits per heavy atom. The number of anilines is 1. The molecule has 0 bridgehead atoms. The SMILES string of the molecule is CC(=O)C=Cc1ccc(N[C@@H]2CC(=O)O[C@H]2C=C[C@@H](C)O)cc1. The third kappa shape index (κ3) is 5.38. The topological polar surface area (TPSA) is 75.6 Å². The van der Waals surface area contributed by atoms with Crippen molar-refractivity contribution in [2.45, 2.75) is 38.5 Å². The number of carbonyl (C=O) groups excluding carboxylic acids is 2. The van der Waals surface area contributed by atoms with Gasteiger partial charge >= 0.3 is 5.97 Å². The molecule has 0 spiro atoms. The maximum atomic E-state index is 11.5. The van der Waals surface area contributed by atoms with Crippen LogP contribution in [0.2, 0.25) is 0 Å². The summed E-state index contributed by atoms with van der Waals surface area (Å²) in [5.41, 5.74) is 1.79. The van der Waals surface area contributed by atoms with Crippen LogP contribution in [0.4, 0.5) is 5.69 Å². The van der Waals surface area contributed by atoms with Crippen molar-refractivity contribution in [2.24, 2.45) is 0 Å². The van der Waals surface area contributed by atoms with Crippen molar-refractivity contribution >= 4 is 23.5 Å². The molecule has 1 heterocycles. The zero-order valence-electron chi connectivity index (χ0n) is 13.2. The summed E-state index contributed by atoms with van der Waals surface area (Å²) in [6.07, 6.45) is 5.88. The molecule has 1 fully saturated rings. The van der Waals surface area contributed by atoms with Crippen molar-refractivity contribution in [3.63, 3.8) is 0 Å². The third-order valence-corrected chi connectivity index (χ3v) is 3.40. The highest BCUT2D eigenvalue weighted by molar-refractivity contribution is 5.91. The number of carbonyl (C=O) groups is 2. The molecule has 1 aromatic carbocycles. The van der Waals surface area contributed by atoms with E-state index in [-0.39, 0.29) is 24.2 Å². The second kappa shape index (κ2) is 7.74. The number of ether oxygens (including phenoxy) is 1. The van der Waals surface area contributed by atoms with E-state index in [1.165, 1.54) is 13.0 Å². The maximum Gasteiger partial charge on any atom is 0.308 e. The van der Waals surface area contributed by atoms with Crippen molar-refractivity contribution in [3.05, 3.63) is 48.1 Å². The van der Waals surface area contributed by atoms with Crippen LogP contribution < -0.4 is 5.32 Å². The summed E-state index contributed by atoms with van der Waals surface area (Å²) in [6, 6.07) is 7.38. The van der Waals surface area contributed by atoms with Crippen LogP contribution in [0, 0.1) is 0 Å². The van der Waals surface area contributed by atoms with Gasteiger partial charge in [0.1, 0.15) is 6.10 Å². The summed E-state index contributed by atoms with van der Waals surface area (Å²) < 4.78 is 5.24. The molecular formula is C18H21NO4. The molecule has 0 saturated carbocycles. The number of hydrogen-bond donors (Lipinski definition) is 2. The van der Waals surface area contributed by atoms with E-state index in [1.807, 2.05) is 24.3 Å². The summed E-state index contributed by atoms with van der Waals surface area (Å²) in [6.45, 7) is 3.15. The second-order valence-corrected chi connectivity index (χ2v) is 5.60. The van der Waals surface area contributed by atoms with E-state index >= 15 is 0 Å². The first-order chi connectivity index (χ1) is 10.9. The lowest BCUT2D eigenvalue weighted by atomic mass is 10.1.